The van der Waals surface area contributed by atoms with Gasteiger partial charge in [0.2, 0.25) is 5.91 Å². The summed E-state index contributed by atoms with van der Waals surface area (Å²) in [6, 6.07) is 9.05. The molecule has 0 spiro atoms. The molecule has 1 aliphatic carbocycles. The van der Waals surface area contributed by atoms with Crippen LogP contribution in [-0.2, 0) is 11.2 Å². The van der Waals surface area contributed by atoms with E-state index in [1.54, 1.807) is 0 Å². The van der Waals surface area contributed by atoms with Gasteiger partial charge in [0.1, 0.15) is 0 Å². The molecule has 2 rings (SSSR count). The minimum atomic E-state index is 0.179. The number of carbonyl (C=O) groups is 1. The van der Waals surface area contributed by atoms with Crippen LogP contribution in [0.5, 0.6) is 0 Å². The SMILES string of the molecule is CNCCCC(=O)NC(c1ccc(CC(C)C)cc1)C1CC1. The van der Waals surface area contributed by atoms with Crippen molar-refractivity contribution in [3.05, 3.63) is 35.4 Å². The summed E-state index contributed by atoms with van der Waals surface area (Å²) in [6.07, 6.45) is 5.08. The van der Waals surface area contributed by atoms with Gasteiger partial charge in [0.15, 0.2) is 0 Å². The van der Waals surface area contributed by atoms with Crippen LogP contribution < -0.4 is 10.6 Å². The van der Waals surface area contributed by atoms with Gasteiger partial charge >= 0.3 is 0 Å². The Hall–Kier alpha value is -1.35. The number of hydrogen-bond acceptors (Lipinski definition) is 2. The van der Waals surface area contributed by atoms with Crippen molar-refractivity contribution in [3.63, 3.8) is 0 Å². The maximum absolute atomic E-state index is 12.1. The van der Waals surface area contributed by atoms with Crippen LogP contribution in [0.1, 0.15) is 56.7 Å². The fourth-order valence-electron chi connectivity index (χ4n) is 2.91. The summed E-state index contributed by atoms with van der Waals surface area (Å²) in [7, 11) is 1.92. The molecular weight excluding hydrogens is 272 g/mol. The van der Waals surface area contributed by atoms with Crippen molar-refractivity contribution in [3.8, 4) is 0 Å². The highest BCUT2D eigenvalue weighted by Gasteiger charge is 2.33. The van der Waals surface area contributed by atoms with E-state index in [-0.39, 0.29) is 11.9 Å². The van der Waals surface area contributed by atoms with Crippen LogP contribution in [0.25, 0.3) is 0 Å². The lowest BCUT2D eigenvalue weighted by Gasteiger charge is -2.19. The molecule has 3 nitrogen and oxygen atoms in total. The second-order valence-corrected chi connectivity index (χ2v) is 6.93. The highest BCUT2D eigenvalue weighted by Crippen LogP contribution is 2.41. The lowest BCUT2D eigenvalue weighted by Crippen LogP contribution is -2.30. The average Bonchev–Trinajstić information content (AvgIpc) is 3.30. The fourth-order valence-corrected chi connectivity index (χ4v) is 2.91. The predicted molar refractivity (Wildman–Crippen MR) is 91.8 cm³/mol. The Morgan fingerprint density at radius 2 is 1.91 bits per heavy atom. The van der Waals surface area contributed by atoms with Gasteiger partial charge in [0, 0.05) is 6.42 Å². The van der Waals surface area contributed by atoms with Gasteiger partial charge in [-0.1, -0.05) is 38.1 Å². The zero-order valence-corrected chi connectivity index (χ0v) is 14.2. The Labute approximate surface area is 134 Å². The van der Waals surface area contributed by atoms with Gasteiger partial charge in [0.05, 0.1) is 6.04 Å². The molecule has 0 saturated heterocycles. The van der Waals surface area contributed by atoms with E-state index in [0.717, 1.165) is 19.4 Å². The topological polar surface area (TPSA) is 41.1 Å². The first-order valence-corrected chi connectivity index (χ1v) is 8.63. The van der Waals surface area contributed by atoms with E-state index in [0.29, 0.717) is 18.3 Å². The molecule has 1 aromatic carbocycles. The van der Waals surface area contributed by atoms with Gasteiger partial charge < -0.3 is 10.6 Å². The molecule has 1 atom stereocenters. The van der Waals surface area contributed by atoms with Gasteiger partial charge in [0.25, 0.3) is 0 Å². The Bertz CT molecular complexity index is 463. The number of carbonyl (C=O) groups excluding carboxylic acids is 1. The molecule has 1 unspecified atom stereocenters. The summed E-state index contributed by atoms with van der Waals surface area (Å²) >= 11 is 0. The van der Waals surface area contributed by atoms with Crippen LogP contribution in [0.3, 0.4) is 0 Å². The molecule has 22 heavy (non-hydrogen) atoms. The quantitative estimate of drug-likeness (QED) is 0.686. The average molecular weight is 302 g/mol. The molecule has 1 aromatic rings. The molecule has 0 radical (unpaired) electrons. The highest BCUT2D eigenvalue weighted by molar-refractivity contribution is 5.76. The van der Waals surface area contributed by atoms with Crippen molar-refractivity contribution in [1.82, 2.24) is 10.6 Å². The Morgan fingerprint density at radius 1 is 1.23 bits per heavy atom. The zero-order valence-electron chi connectivity index (χ0n) is 14.2. The molecular formula is C19H30N2O. The van der Waals surface area contributed by atoms with Gasteiger partial charge in [-0.3, -0.25) is 4.79 Å². The molecule has 1 aliphatic rings. The minimum Gasteiger partial charge on any atom is -0.349 e. The standard InChI is InChI=1S/C19H30N2O/c1-14(2)13-15-6-8-16(9-7-15)19(17-10-11-17)21-18(22)5-4-12-20-3/h6-9,14,17,19-20H,4-5,10-13H2,1-3H3,(H,21,22). The molecule has 0 bridgehead atoms. The normalized spacial score (nSPS) is 15.8. The van der Waals surface area contributed by atoms with Crippen molar-refractivity contribution in [2.24, 2.45) is 11.8 Å². The maximum Gasteiger partial charge on any atom is 0.220 e. The highest BCUT2D eigenvalue weighted by atomic mass is 16.1. The van der Waals surface area contributed by atoms with Crippen molar-refractivity contribution in [2.75, 3.05) is 13.6 Å². The zero-order chi connectivity index (χ0) is 15.9. The number of benzene rings is 1. The van der Waals surface area contributed by atoms with Crippen LogP contribution >= 0.6 is 0 Å². The summed E-state index contributed by atoms with van der Waals surface area (Å²) in [5.41, 5.74) is 2.64. The Kier molecular flexibility index (Phi) is 6.44. The molecule has 2 N–H and O–H groups in total. The molecule has 1 amide bonds. The van der Waals surface area contributed by atoms with Gasteiger partial charge in [-0.15, -0.1) is 0 Å². The fraction of sp³-hybridized carbons (Fsp3) is 0.632. The smallest absolute Gasteiger partial charge is 0.220 e. The second-order valence-electron chi connectivity index (χ2n) is 6.93. The van der Waals surface area contributed by atoms with E-state index in [1.807, 2.05) is 7.05 Å². The molecule has 0 aliphatic heterocycles. The lowest BCUT2D eigenvalue weighted by atomic mass is 9.97. The first-order valence-electron chi connectivity index (χ1n) is 8.63. The monoisotopic (exact) mass is 302 g/mol. The second kappa shape index (κ2) is 8.33. The van der Waals surface area contributed by atoms with Gasteiger partial charge in [-0.2, -0.15) is 0 Å². The number of nitrogens with one attached hydrogen (secondary N) is 2. The largest absolute Gasteiger partial charge is 0.349 e. The van der Waals surface area contributed by atoms with Gasteiger partial charge in [-0.05, 0) is 62.2 Å². The Balaban J connectivity index is 1.94. The number of amides is 1. The molecule has 0 aromatic heterocycles. The number of rotatable bonds is 9. The third-order valence-electron chi connectivity index (χ3n) is 4.22. The first kappa shape index (κ1) is 17.0. The minimum absolute atomic E-state index is 0.179. The van der Waals surface area contributed by atoms with E-state index in [2.05, 4.69) is 48.7 Å². The molecule has 1 saturated carbocycles. The summed E-state index contributed by atoms with van der Waals surface area (Å²) < 4.78 is 0. The van der Waals surface area contributed by atoms with E-state index in [4.69, 9.17) is 0 Å². The van der Waals surface area contributed by atoms with Crippen molar-refractivity contribution in [1.29, 1.82) is 0 Å². The number of hydrogen-bond donors (Lipinski definition) is 2. The molecule has 122 valence electrons. The van der Waals surface area contributed by atoms with Crippen LogP contribution in [0.4, 0.5) is 0 Å². The summed E-state index contributed by atoms with van der Waals surface area (Å²) in [5.74, 6) is 1.49. The van der Waals surface area contributed by atoms with E-state index in [1.165, 1.54) is 24.0 Å². The maximum atomic E-state index is 12.1. The van der Waals surface area contributed by atoms with Crippen molar-refractivity contribution in [2.45, 2.75) is 52.0 Å². The predicted octanol–water partition coefficient (Wildman–Crippen LogP) is 3.45. The van der Waals surface area contributed by atoms with Crippen LogP contribution in [0.2, 0.25) is 0 Å². The first-order chi connectivity index (χ1) is 10.6. The molecule has 0 heterocycles. The van der Waals surface area contributed by atoms with Gasteiger partial charge in [-0.25, -0.2) is 0 Å². The molecule has 1 fully saturated rings. The van der Waals surface area contributed by atoms with Crippen LogP contribution in [-0.4, -0.2) is 19.5 Å². The molecule has 3 heteroatoms. The van der Waals surface area contributed by atoms with E-state index < -0.39 is 0 Å². The summed E-state index contributed by atoms with van der Waals surface area (Å²) in [6.45, 7) is 5.38. The summed E-state index contributed by atoms with van der Waals surface area (Å²) in [5, 5.41) is 6.33. The van der Waals surface area contributed by atoms with Crippen molar-refractivity contribution >= 4 is 5.91 Å². The third-order valence-corrected chi connectivity index (χ3v) is 4.22. The van der Waals surface area contributed by atoms with E-state index >= 15 is 0 Å². The van der Waals surface area contributed by atoms with E-state index in [9.17, 15) is 4.79 Å². The van der Waals surface area contributed by atoms with Crippen LogP contribution in [0.15, 0.2) is 24.3 Å². The summed E-state index contributed by atoms with van der Waals surface area (Å²) in [4.78, 5) is 12.1. The van der Waals surface area contributed by atoms with Crippen molar-refractivity contribution < 1.29 is 4.79 Å². The third kappa shape index (κ3) is 5.45. The van der Waals surface area contributed by atoms with Crippen LogP contribution in [0, 0.1) is 11.8 Å². The Morgan fingerprint density at radius 3 is 2.45 bits per heavy atom. The lowest BCUT2D eigenvalue weighted by molar-refractivity contribution is -0.122.